The molecule has 9 heteroatoms. The largest absolute Gasteiger partial charge is 0.457 e. The van der Waals surface area contributed by atoms with Crippen LogP contribution in [0.1, 0.15) is 49.0 Å². The third-order valence-electron chi connectivity index (χ3n) is 5.62. The first kappa shape index (κ1) is 23.6. The lowest BCUT2D eigenvalue weighted by molar-refractivity contribution is -0.137. The van der Waals surface area contributed by atoms with Crippen molar-refractivity contribution in [2.75, 3.05) is 18.4 Å². The second-order valence-electron chi connectivity index (χ2n) is 7.92. The first-order chi connectivity index (χ1) is 15.0. The fourth-order valence-electron chi connectivity index (χ4n) is 3.47. The van der Waals surface area contributed by atoms with E-state index in [0.29, 0.717) is 37.9 Å². The van der Waals surface area contributed by atoms with Crippen molar-refractivity contribution < 1.29 is 32.6 Å². The third kappa shape index (κ3) is 5.79. The van der Waals surface area contributed by atoms with Crippen LogP contribution < -0.4 is 10.1 Å². The second kappa shape index (κ2) is 9.20. The number of alkyl halides is 3. The highest BCUT2D eigenvalue weighted by Gasteiger charge is 2.34. The molecule has 1 saturated heterocycles. The molecule has 1 heterocycles. The number of carbonyl (C=O) groups excluding carboxylic acids is 2. The van der Waals surface area contributed by atoms with Crippen molar-refractivity contribution in [1.82, 2.24) is 4.90 Å². The number of nitrogens with one attached hydrogen (secondary N) is 1. The summed E-state index contributed by atoms with van der Waals surface area (Å²) in [6.45, 7) is 3.89. The van der Waals surface area contributed by atoms with E-state index in [1.165, 1.54) is 42.2 Å². The minimum Gasteiger partial charge on any atom is -0.457 e. The van der Waals surface area contributed by atoms with Crippen LogP contribution in [0.4, 0.5) is 23.7 Å². The van der Waals surface area contributed by atoms with Crippen LogP contribution in [0.15, 0.2) is 42.5 Å². The molecule has 6 nitrogen and oxygen atoms in total. The number of benzene rings is 2. The Kier molecular flexibility index (Phi) is 6.78. The summed E-state index contributed by atoms with van der Waals surface area (Å²) in [5.41, 5.74) is -1.39. The molecule has 1 fully saturated rings. The van der Waals surface area contributed by atoms with Crippen LogP contribution in [0, 0.1) is 0 Å². The summed E-state index contributed by atoms with van der Waals surface area (Å²) in [4.78, 5) is 25.4. The van der Waals surface area contributed by atoms with Gasteiger partial charge in [-0.3, -0.25) is 4.79 Å². The maximum absolute atomic E-state index is 13.4. The molecule has 1 aliphatic heterocycles. The zero-order valence-corrected chi connectivity index (χ0v) is 17.8. The number of nitrogens with zero attached hydrogens (tertiary/aromatic N) is 1. The van der Waals surface area contributed by atoms with Gasteiger partial charge in [0.2, 0.25) is 0 Å². The van der Waals surface area contributed by atoms with E-state index < -0.39 is 23.4 Å². The summed E-state index contributed by atoms with van der Waals surface area (Å²) in [6.07, 6.45) is -3.25. The van der Waals surface area contributed by atoms with E-state index in [0.717, 1.165) is 12.1 Å². The number of hydrogen-bond acceptors (Lipinski definition) is 4. The average molecular weight is 450 g/mol. The zero-order valence-electron chi connectivity index (χ0n) is 17.8. The SMILES string of the molecule is CCC1(O)CCN(C(=O)Nc2cc(Oc3ccc(C(C)=O)cc3)cc(C(F)(F)F)c2)CC1. The smallest absolute Gasteiger partial charge is 0.416 e. The van der Waals surface area contributed by atoms with Gasteiger partial charge in [-0.1, -0.05) is 6.92 Å². The van der Waals surface area contributed by atoms with Crippen molar-refractivity contribution in [2.24, 2.45) is 0 Å². The number of ether oxygens (including phenoxy) is 1. The van der Waals surface area contributed by atoms with E-state index >= 15 is 0 Å². The van der Waals surface area contributed by atoms with Crippen LogP contribution >= 0.6 is 0 Å². The van der Waals surface area contributed by atoms with Gasteiger partial charge in [0.05, 0.1) is 11.2 Å². The second-order valence-corrected chi connectivity index (χ2v) is 7.92. The molecular formula is C23H25F3N2O4. The molecule has 0 aromatic heterocycles. The number of ketones is 1. The van der Waals surface area contributed by atoms with Crippen LogP contribution in [-0.2, 0) is 6.18 Å². The minimum atomic E-state index is -4.64. The first-order valence-corrected chi connectivity index (χ1v) is 10.3. The van der Waals surface area contributed by atoms with Crippen molar-refractivity contribution in [3.8, 4) is 11.5 Å². The van der Waals surface area contributed by atoms with Crippen LogP contribution in [0.2, 0.25) is 0 Å². The number of halogens is 3. The Morgan fingerprint density at radius 3 is 2.25 bits per heavy atom. The molecule has 0 aliphatic carbocycles. The normalized spacial score (nSPS) is 15.9. The third-order valence-corrected chi connectivity index (χ3v) is 5.62. The minimum absolute atomic E-state index is 0.0588. The first-order valence-electron chi connectivity index (χ1n) is 10.3. The van der Waals surface area contributed by atoms with Gasteiger partial charge in [0.15, 0.2) is 5.78 Å². The van der Waals surface area contributed by atoms with Crippen LogP contribution in [0.5, 0.6) is 11.5 Å². The van der Waals surface area contributed by atoms with Gasteiger partial charge >= 0.3 is 12.2 Å². The van der Waals surface area contributed by atoms with Gasteiger partial charge in [-0.05, 0) is 62.6 Å². The van der Waals surface area contributed by atoms with E-state index in [4.69, 9.17) is 4.74 Å². The van der Waals surface area contributed by atoms with E-state index in [-0.39, 0.29) is 23.0 Å². The van der Waals surface area contributed by atoms with Crippen molar-refractivity contribution in [3.05, 3.63) is 53.6 Å². The topological polar surface area (TPSA) is 78.9 Å². The summed E-state index contributed by atoms with van der Waals surface area (Å²) in [5.74, 6) is 0.00175. The fourth-order valence-corrected chi connectivity index (χ4v) is 3.47. The summed E-state index contributed by atoms with van der Waals surface area (Å²) >= 11 is 0. The van der Waals surface area contributed by atoms with E-state index in [9.17, 15) is 27.9 Å². The Morgan fingerprint density at radius 1 is 1.09 bits per heavy atom. The van der Waals surface area contributed by atoms with Crippen LogP contribution in [-0.4, -0.2) is 40.5 Å². The average Bonchev–Trinajstić information content (AvgIpc) is 2.74. The lowest BCUT2D eigenvalue weighted by atomic mass is 9.89. The molecule has 0 atom stereocenters. The molecule has 0 bridgehead atoms. The molecule has 172 valence electrons. The summed E-state index contributed by atoms with van der Waals surface area (Å²) in [6, 6.07) is 8.45. The molecule has 2 aromatic carbocycles. The molecule has 1 aliphatic rings. The quantitative estimate of drug-likeness (QED) is 0.592. The number of anilines is 1. The molecule has 3 rings (SSSR count). The molecule has 0 saturated carbocycles. The number of aliphatic hydroxyl groups is 1. The lowest BCUT2D eigenvalue weighted by Gasteiger charge is -2.37. The maximum atomic E-state index is 13.4. The number of urea groups is 1. The number of likely N-dealkylation sites (tertiary alicyclic amines) is 1. The number of amides is 2. The van der Waals surface area contributed by atoms with Gasteiger partial charge in [-0.15, -0.1) is 0 Å². The fraction of sp³-hybridized carbons (Fsp3) is 0.391. The van der Waals surface area contributed by atoms with Crippen molar-refractivity contribution >= 4 is 17.5 Å². The molecule has 2 aromatic rings. The number of rotatable bonds is 5. The molecule has 0 unspecified atom stereocenters. The van der Waals surface area contributed by atoms with Crippen LogP contribution in [0.3, 0.4) is 0 Å². The van der Waals surface area contributed by atoms with Gasteiger partial charge in [0.1, 0.15) is 11.5 Å². The molecular weight excluding hydrogens is 425 g/mol. The van der Waals surface area contributed by atoms with Gasteiger partial charge in [0, 0.05) is 30.4 Å². The number of hydrogen-bond donors (Lipinski definition) is 2. The summed E-state index contributed by atoms with van der Waals surface area (Å²) in [5, 5.41) is 12.8. The predicted octanol–water partition coefficient (Wildman–Crippen LogP) is 5.47. The van der Waals surface area contributed by atoms with Gasteiger partial charge in [0.25, 0.3) is 0 Å². The standard InChI is InChI=1S/C23H25F3N2O4/c1-3-22(31)8-10-28(11-9-22)21(30)27-18-12-17(23(24,25)26)13-20(14-18)32-19-6-4-16(5-7-19)15(2)29/h4-7,12-14,31H,3,8-11H2,1-2H3,(H,27,30). The molecule has 0 radical (unpaired) electrons. The van der Waals surface area contributed by atoms with Crippen LogP contribution in [0.25, 0.3) is 0 Å². The van der Waals surface area contributed by atoms with E-state index in [2.05, 4.69) is 5.32 Å². The van der Waals surface area contributed by atoms with Gasteiger partial charge in [-0.2, -0.15) is 13.2 Å². The molecule has 0 spiro atoms. The highest BCUT2D eigenvalue weighted by Crippen LogP contribution is 2.36. The maximum Gasteiger partial charge on any atom is 0.416 e. The number of piperidine rings is 1. The highest BCUT2D eigenvalue weighted by atomic mass is 19.4. The van der Waals surface area contributed by atoms with E-state index in [1.54, 1.807) is 0 Å². The lowest BCUT2D eigenvalue weighted by Crippen LogP contribution is -2.47. The number of Topliss-reactive ketones (excluding diaryl/α,β-unsaturated/α-hetero) is 1. The Morgan fingerprint density at radius 2 is 1.72 bits per heavy atom. The zero-order chi connectivity index (χ0) is 23.5. The molecule has 2 amide bonds. The molecule has 2 N–H and O–H groups in total. The monoisotopic (exact) mass is 450 g/mol. The Hall–Kier alpha value is -3.07. The summed E-state index contributed by atoms with van der Waals surface area (Å²) < 4.78 is 45.8. The van der Waals surface area contributed by atoms with Crippen molar-refractivity contribution in [1.29, 1.82) is 0 Å². The van der Waals surface area contributed by atoms with Gasteiger partial charge in [-0.25, -0.2) is 4.79 Å². The number of carbonyl (C=O) groups is 2. The Labute approximate surface area is 184 Å². The van der Waals surface area contributed by atoms with Crippen molar-refractivity contribution in [3.63, 3.8) is 0 Å². The summed E-state index contributed by atoms with van der Waals surface area (Å²) in [7, 11) is 0. The predicted molar refractivity (Wildman–Crippen MR) is 113 cm³/mol. The van der Waals surface area contributed by atoms with E-state index in [1.807, 2.05) is 6.92 Å². The van der Waals surface area contributed by atoms with Crippen molar-refractivity contribution in [2.45, 2.75) is 44.9 Å². The Bertz CT molecular complexity index is 982. The van der Waals surface area contributed by atoms with Gasteiger partial charge < -0.3 is 20.1 Å². The highest BCUT2D eigenvalue weighted by molar-refractivity contribution is 5.94. The molecule has 32 heavy (non-hydrogen) atoms. The Balaban J connectivity index is 1.78.